The number of nitrogens with one attached hydrogen (secondary N) is 1. The van der Waals surface area contributed by atoms with Crippen LogP contribution in [-0.2, 0) is 17.8 Å². The number of aromatic amines is 1. The van der Waals surface area contributed by atoms with E-state index in [2.05, 4.69) is 31.0 Å². The fourth-order valence-corrected chi connectivity index (χ4v) is 3.33. The third-order valence-corrected chi connectivity index (χ3v) is 4.50. The molecule has 118 valence electrons. The molecule has 1 aliphatic heterocycles. The number of carbonyl (C=O) groups is 1. The molecule has 1 aliphatic rings. The lowest BCUT2D eigenvalue weighted by Gasteiger charge is -2.23. The lowest BCUT2D eigenvalue weighted by Crippen LogP contribution is -2.36. The predicted molar refractivity (Wildman–Crippen MR) is 85.5 cm³/mol. The summed E-state index contributed by atoms with van der Waals surface area (Å²) < 4.78 is 2.39. The Balaban J connectivity index is 2.07. The summed E-state index contributed by atoms with van der Waals surface area (Å²) >= 11 is 5.25. The molecule has 2 heterocycles. The minimum Gasteiger partial charge on any atom is -0.341 e. The van der Waals surface area contributed by atoms with Gasteiger partial charge < -0.3 is 4.90 Å². The number of carbonyl (C=O) groups excluding carboxylic acids is 1. The van der Waals surface area contributed by atoms with Crippen molar-refractivity contribution >= 4 is 18.1 Å². The van der Waals surface area contributed by atoms with Crippen LogP contribution in [0.5, 0.6) is 0 Å². The minimum absolute atomic E-state index is 0.158. The number of hydrogen-bond acceptors (Lipinski definition) is 3. The lowest BCUT2D eigenvalue weighted by atomic mass is 9.97. The third-order valence-electron chi connectivity index (χ3n) is 4.19. The van der Waals surface area contributed by atoms with Gasteiger partial charge in [-0.15, -0.1) is 0 Å². The van der Waals surface area contributed by atoms with Gasteiger partial charge >= 0.3 is 0 Å². The zero-order valence-corrected chi connectivity index (χ0v) is 14.1. The monoisotopic (exact) mass is 310 g/mol. The summed E-state index contributed by atoms with van der Waals surface area (Å²) in [5.41, 5.74) is 0. The second kappa shape index (κ2) is 7.20. The van der Waals surface area contributed by atoms with E-state index in [1.807, 2.05) is 9.47 Å². The van der Waals surface area contributed by atoms with E-state index in [4.69, 9.17) is 12.2 Å². The Morgan fingerprint density at radius 1 is 1.43 bits per heavy atom. The summed E-state index contributed by atoms with van der Waals surface area (Å²) in [5.74, 6) is 2.31. The van der Waals surface area contributed by atoms with Crippen LogP contribution >= 0.6 is 12.2 Å². The first-order chi connectivity index (χ1) is 10.0. The average molecular weight is 310 g/mol. The highest BCUT2D eigenvalue weighted by molar-refractivity contribution is 7.71. The zero-order chi connectivity index (χ0) is 15.4. The van der Waals surface area contributed by atoms with E-state index >= 15 is 0 Å². The van der Waals surface area contributed by atoms with Crippen LogP contribution in [0.2, 0.25) is 0 Å². The SMILES string of the molecule is CCCc1n[nH]c(=S)n1CC(=O)N1CC[C@@H](C)C[C@@H](C)C1. The van der Waals surface area contributed by atoms with Crippen LogP contribution < -0.4 is 0 Å². The molecule has 0 saturated carbocycles. The fourth-order valence-electron chi connectivity index (χ4n) is 3.11. The number of aromatic nitrogens is 3. The average Bonchev–Trinajstić information content (AvgIpc) is 2.66. The van der Waals surface area contributed by atoms with Crippen LogP contribution in [0.1, 0.15) is 45.9 Å². The first kappa shape index (κ1) is 16.2. The van der Waals surface area contributed by atoms with Crippen molar-refractivity contribution in [3.05, 3.63) is 10.6 Å². The molecule has 2 rings (SSSR count). The van der Waals surface area contributed by atoms with Gasteiger partial charge in [0.2, 0.25) is 5.91 Å². The second-order valence-electron chi connectivity index (χ2n) is 6.36. The Kier molecular flexibility index (Phi) is 5.56. The van der Waals surface area contributed by atoms with E-state index in [1.165, 1.54) is 6.42 Å². The van der Waals surface area contributed by atoms with Crippen molar-refractivity contribution in [1.82, 2.24) is 19.7 Å². The maximum atomic E-state index is 12.6. The van der Waals surface area contributed by atoms with Gasteiger partial charge in [0.15, 0.2) is 4.77 Å². The molecule has 0 aromatic carbocycles. The molecule has 5 nitrogen and oxygen atoms in total. The normalized spacial score (nSPS) is 23.1. The first-order valence-corrected chi connectivity index (χ1v) is 8.34. The molecule has 1 fully saturated rings. The van der Waals surface area contributed by atoms with Gasteiger partial charge in [0.25, 0.3) is 0 Å². The van der Waals surface area contributed by atoms with Crippen molar-refractivity contribution < 1.29 is 4.79 Å². The van der Waals surface area contributed by atoms with E-state index in [0.717, 1.165) is 38.2 Å². The highest BCUT2D eigenvalue weighted by Gasteiger charge is 2.23. The number of rotatable bonds is 4. The fraction of sp³-hybridized carbons (Fsp3) is 0.800. The van der Waals surface area contributed by atoms with Crippen LogP contribution in [0.4, 0.5) is 0 Å². The highest BCUT2D eigenvalue weighted by Crippen LogP contribution is 2.21. The molecule has 1 aromatic rings. The van der Waals surface area contributed by atoms with Gasteiger partial charge in [-0.25, -0.2) is 0 Å². The number of nitrogens with zero attached hydrogens (tertiary/aromatic N) is 3. The molecule has 1 amide bonds. The van der Waals surface area contributed by atoms with Gasteiger partial charge in [0.05, 0.1) is 0 Å². The predicted octanol–water partition coefficient (Wildman–Crippen LogP) is 2.79. The van der Waals surface area contributed by atoms with Gasteiger partial charge in [-0.2, -0.15) is 5.10 Å². The molecule has 0 spiro atoms. The van der Waals surface area contributed by atoms with E-state index in [-0.39, 0.29) is 5.91 Å². The molecular formula is C15H26N4OS. The van der Waals surface area contributed by atoms with Gasteiger partial charge in [0, 0.05) is 19.5 Å². The summed E-state index contributed by atoms with van der Waals surface area (Å²) in [5, 5.41) is 7.03. The quantitative estimate of drug-likeness (QED) is 0.870. The maximum Gasteiger partial charge on any atom is 0.242 e. The molecule has 1 aromatic heterocycles. The Hall–Kier alpha value is -1.17. The topological polar surface area (TPSA) is 53.9 Å². The summed E-state index contributed by atoms with van der Waals surface area (Å²) in [6.45, 7) is 8.63. The van der Waals surface area contributed by atoms with Crippen LogP contribution in [0.25, 0.3) is 0 Å². The summed E-state index contributed by atoms with van der Waals surface area (Å²) in [6, 6.07) is 0. The molecule has 1 N–H and O–H groups in total. The van der Waals surface area contributed by atoms with Gasteiger partial charge in [-0.1, -0.05) is 20.8 Å². The molecule has 21 heavy (non-hydrogen) atoms. The van der Waals surface area contributed by atoms with Gasteiger partial charge in [-0.3, -0.25) is 14.5 Å². The Morgan fingerprint density at radius 3 is 2.90 bits per heavy atom. The molecule has 1 saturated heterocycles. The summed E-state index contributed by atoms with van der Waals surface area (Å²) in [7, 11) is 0. The van der Waals surface area contributed by atoms with E-state index in [9.17, 15) is 4.79 Å². The molecule has 0 unspecified atom stereocenters. The molecular weight excluding hydrogens is 284 g/mol. The Labute approximate surface area is 131 Å². The van der Waals surface area contributed by atoms with Crippen molar-refractivity contribution in [3.8, 4) is 0 Å². The van der Waals surface area contributed by atoms with Crippen molar-refractivity contribution in [3.63, 3.8) is 0 Å². The molecule has 0 bridgehead atoms. The van der Waals surface area contributed by atoms with Crippen molar-refractivity contribution in [2.45, 2.75) is 53.0 Å². The second-order valence-corrected chi connectivity index (χ2v) is 6.74. The van der Waals surface area contributed by atoms with Crippen molar-refractivity contribution in [2.75, 3.05) is 13.1 Å². The van der Waals surface area contributed by atoms with Gasteiger partial charge in [-0.05, 0) is 43.3 Å². The van der Waals surface area contributed by atoms with E-state index < -0.39 is 0 Å². The number of amides is 1. The maximum absolute atomic E-state index is 12.6. The molecule has 0 radical (unpaired) electrons. The highest BCUT2D eigenvalue weighted by atomic mass is 32.1. The van der Waals surface area contributed by atoms with Crippen LogP contribution in [0.15, 0.2) is 0 Å². The minimum atomic E-state index is 0.158. The molecule has 0 aliphatic carbocycles. The van der Waals surface area contributed by atoms with Crippen molar-refractivity contribution in [2.24, 2.45) is 11.8 Å². The standard InChI is InChI=1S/C15H26N4OS/c1-4-5-13-16-17-15(21)19(13)10-14(20)18-7-6-11(2)8-12(3)9-18/h11-12H,4-10H2,1-3H3,(H,17,21)/t11-,12-/m1/s1. The largest absolute Gasteiger partial charge is 0.341 e. The number of aryl methyl sites for hydroxylation is 1. The van der Waals surface area contributed by atoms with E-state index in [0.29, 0.717) is 23.2 Å². The summed E-state index contributed by atoms with van der Waals surface area (Å²) in [6.07, 6.45) is 4.13. The first-order valence-electron chi connectivity index (χ1n) is 7.93. The number of hydrogen-bond donors (Lipinski definition) is 1. The van der Waals surface area contributed by atoms with Crippen LogP contribution in [-0.4, -0.2) is 38.7 Å². The van der Waals surface area contributed by atoms with E-state index in [1.54, 1.807) is 0 Å². The van der Waals surface area contributed by atoms with Crippen LogP contribution in [0, 0.1) is 16.6 Å². The van der Waals surface area contributed by atoms with Gasteiger partial charge in [0.1, 0.15) is 12.4 Å². The smallest absolute Gasteiger partial charge is 0.242 e. The molecule has 2 atom stereocenters. The van der Waals surface area contributed by atoms with Crippen LogP contribution in [0.3, 0.4) is 0 Å². The number of likely N-dealkylation sites (tertiary alicyclic amines) is 1. The summed E-state index contributed by atoms with van der Waals surface area (Å²) in [4.78, 5) is 14.6. The third kappa shape index (κ3) is 4.15. The lowest BCUT2D eigenvalue weighted by molar-refractivity contribution is -0.132. The van der Waals surface area contributed by atoms with Crippen molar-refractivity contribution in [1.29, 1.82) is 0 Å². The Bertz CT molecular complexity index is 536. The molecule has 6 heteroatoms. The zero-order valence-electron chi connectivity index (χ0n) is 13.3. The number of H-pyrrole nitrogens is 1. The Morgan fingerprint density at radius 2 is 2.19 bits per heavy atom.